The summed E-state index contributed by atoms with van der Waals surface area (Å²) < 4.78 is 1.74. The summed E-state index contributed by atoms with van der Waals surface area (Å²) in [7, 11) is 0. The number of nitrogens with zero attached hydrogens (tertiary/aromatic N) is 4. The Kier molecular flexibility index (Phi) is 3.25. The van der Waals surface area contributed by atoms with Gasteiger partial charge in [-0.2, -0.15) is 5.10 Å². The molecule has 0 aliphatic carbocycles. The highest BCUT2D eigenvalue weighted by molar-refractivity contribution is 5.78. The van der Waals surface area contributed by atoms with Gasteiger partial charge in [0.2, 0.25) is 0 Å². The van der Waals surface area contributed by atoms with Gasteiger partial charge in [-0.1, -0.05) is 48.5 Å². The molecule has 0 amide bonds. The minimum Gasteiger partial charge on any atom is -0.249 e. The lowest BCUT2D eigenvalue weighted by molar-refractivity contribution is 0.685. The van der Waals surface area contributed by atoms with Gasteiger partial charge in [0.05, 0.1) is 13.1 Å². The van der Waals surface area contributed by atoms with Gasteiger partial charge in [0.15, 0.2) is 5.69 Å². The van der Waals surface area contributed by atoms with Crippen molar-refractivity contribution in [2.24, 2.45) is 0 Å². The van der Waals surface area contributed by atoms with Gasteiger partial charge in [-0.05, 0) is 16.7 Å². The van der Waals surface area contributed by atoms with E-state index in [1.54, 1.807) is 11.0 Å². The standard InChI is InChI=1S/C16H12N4/c1-17-16-9-13(10-20-12-18-11-19-20)7-8-15(16)14-5-3-2-4-6-14/h2-9,11-12H,10H2. The Hall–Kier alpha value is -2.93. The van der Waals surface area contributed by atoms with Crippen LogP contribution in [-0.4, -0.2) is 14.8 Å². The highest BCUT2D eigenvalue weighted by atomic mass is 15.3. The number of hydrogen-bond acceptors (Lipinski definition) is 2. The molecule has 0 bridgehead atoms. The van der Waals surface area contributed by atoms with E-state index in [4.69, 9.17) is 6.57 Å². The summed E-state index contributed by atoms with van der Waals surface area (Å²) in [5.41, 5.74) is 3.73. The maximum atomic E-state index is 7.37. The Balaban J connectivity index is 1.97. The number of rotatable bonds is 3. The highest BCUT2D eigenvalue weighted by Crippen LogP contribution is 2.31. The Morgan fingerprint density at radius 2 is 1.95 bits per heavy atom. The second-order valence-electron chi connectivity index (χ2n) is 4.42. The van der Waals surface area contributed by atoms with Gasteiger partial charge in [0, 0.05) is 0 Å². The first-order chi connectivity index (χ1) is 9.86. The monoisotopic (exact) mass is 260 g/mol. The normalized spacial score (nSPS) is 10.2. The summed E-state index contributed by atoms with van der Waals surface area (Å²) in [5.74, 6) is 0. The van der Waals surface area contributed by atoms with Crippen molar-refractivity contribution in [2.75, 3.05) is 0 Å². The van der Waals surface area contributed by atoms with E-state index < -0.39 is 0 Å². The third-order valence-corrected chi connectivity index (χ3v) is 3.08. The molecular formula is C16H12N4. The third-order valence-electron chi connectivity index (χ3n) is 3.08. The average molecular weight is 260 g/mol. The quantitative estimate of drug-likeness (QED) is 0.675. The number of hydrogen-bond donors (Lipinski definition) is 0. The van der Waals surface area contributed by atoms with E-state index in [1.807, 2.05) is 48.5 Å². The van der Waals surface area contributed by atoms with Crippen molar-refractivity contribution in [3.63, 3.8) is 0 Å². The van der Waals surface area contributed by atoms with E-state index >= 15 is 0 Å². The van der Waals surface area contributed by atoms with E-state index in [2.05, 4.69) is 14.9 Å². The molecule has 0 N–H and O–H groups in total. The smallest absolute Gasteiger partial charge is 0.195 e. The van der Waals surface area contributed by atoms with Crippen LogP contribution in [-0.2, 0) is 6.54 Å². The van der Waals surface area contributed by atoms with E-state index in [0.29, 0.717) is 12.2 Å². The molecular weight excluding hydrogens is 248 g/mol. The topological polar surface area (TPSA) is 35.1 Å². The molecule has 0 unspecified atom stereocenters. The SMILES string of the molecule is [C-]#[N+]c1cc(Cn2cncn2)ccc1-c1ccccc1. The predicted molar refractivity (Wildman–Crippen MR) is 77.3 cm³/mol. The molecule has 4 heteroatoms. The lowest BCUT2D eigenvalue weighted by Crippen LogP contribution is -1.99. The van der Waals surface area contributed by atoms with Crippen LogP contribution in [0.1, 0.15) is 5.56 Å². The Morgan fingerprint density at radius 3 is 2.65 bits per heavy atom. The zero-order valence-electron chi connectivity index (χ0n) is 10.8. The van der Waals surface area contributed by atoms with Gasteiger partial charge in [-0.3, -0.25) is 0 Å². The zero-order valence-corrected chi connectivity index (χ0v) is 10.8. The summed E-state index contributed by atoms with van der Waals surface area (Å²) >= 11 is 0. The molecule has 0 saturated heterocycles. The van der Waals surface area contributed by atoms with Crippen LogP contribution in [0.4, 0.5) is 5.69 Å². The maximum Gasteiger partial charge on any atom is 0.195 e. The molecule has 0 aliphatic rings. The first kappa shape index (κ1) is 12.1. The average Bonchev–Trinajstić information content (AvgIpc) is 3.01. The first-order valence-electron chi connectivity index (χ1n) is 6.25. The predicted octanol–water partition coefficient (Wildman–Crippen LogP) is 3.54. The van der Waals surface area contributed by atoms with E-state index in [0.717, 1.165) is 16.7 Å². The fourth-order valence-corrected chi connectivity index (χ4v) is 2.13. The van der Waals surface area contributed by atoms with Gasteiger partial charge in [0.1, 0.15) is 12.7 Å². The Morgan fingerprint density at radius 1 is 1.10 bits per heavy atom. The van der Waals surface area contributed by atoms with Crippen LogP contribution in [0, 0.1) is 6.57 Å². The maximum absolute atomic E-state index is 7.37. The molecule has 0 spiro atoms. The van der Waals surface area contributed by atoms with E-state index in [1.165, 1.54) is 6.33 Å². The fourth-order valence-electron chi connectivity index (χ4n) is 2.13. The summed E-state index contributed by atoms with van der Waals surface area (Å²) in [6, 6.07) is 15.9. The van der Waals surface area contributed by atoms with Crippen molar-refractivity contribution in [2.45, 2.75) is 6.54 Å². The molecule has 0 atom stereocenters. The van der Waals surface area contributed by atoms with Crippen molar-refractivity contribution < 1.29 is 0 Å². The van der Waals surface area contributed by atoms with Crippen LogP contribution in [0.25, 0.3) is 16.0 Å². The minimum absolute atomic E-state index is 0.623. The van der Waals surface area contributed by atoms with Gasteiger partial charge in [-0.25, -0.2) is 14.5 Å². The van der Waals surface area contributed by atoms with Crippen LogP contribution >= 0.6 is 0 Å². The summed E-state index contributed by atoms with van der Waals surface area (Å²) in [6.07, 6.45) is 3.18. The molecule has 96 valence electrons. The van der Waals surface area contributed by atoms with Crippen molar-refractivity contribution >= 4 is 5.69 Å². The van der Waals surface area contributed by atoms with Crippen molar-refractivity contribution in [3.05, 3.63) is 78.2 Å². The van der Waals surface area contributed by atoms with Crippen LogP contribution in [0.2, 0.25) is 0 Å². The second-order valence-corrected chi connectivity index (χ2v) is 4.42. The van der Waals surface area contributed by atoms with E-state index in [9.17, 15) is 0 Å². The molecule has 4 nitrogen and oxygen atoms in total. The van der Waals surface area contributed by atoms with Crippen LogP contribution in [0.15, 0.2) is 61.2 Å². The van der Waals surface area contributed by atoms with Gasteiger partial charge < -0.3 is 0 Å². The van der Waals surface area contributed by atoms with Crippen molar-refractivity contribution in [1.29, 1.82) is 0 Å². The largest absolute Gasteiger partial charge is 0.249 e. The molecule has 2 aromatic carbocycles. The van der Waals surface area contributed by atoms with Crippen molar-refractivity contribution in [1.82, 2.24) is 14.8 Å². The Labute approximate surface area is 117 Å². The molecule has 0 aliphatic heterocycles. The second kappa shape index (κ2) is 5.37. The molecule has 0 radical (unpaired) electrons. The van der Waals surface area contributed by atoms with Crippen LogP contribution in [0.5, 0.6) is 0 Å². The lowest BCUT2D eigenvalue weighted by Gasteiger charge is -2.07. The van der Waals surface area contributed by atoms with Crippen LogP contribution in [0.3, 0.4) is 0 Å². The Bertz CT molecular complexity index is 740. The molecule has 3 rings (SSSR count). The molecule has 20 heavy (non-hydrogen) atoms. The van der Waals surface area contributed by atoms with Gasteiger partial charge >= 0.3 is 0 Å². The van der Waals surface area contributed by atoms with Gasteiger partial charge in [0.25, 0.3) is 0 Å². The highest BCUT2D eigenvalue weighted by Gasteiger charge is 2.06. The summed E-state index contributed by atoms with van der Waals surface area (Å²) in [5, 5.41) is 4.08. The molecule has 0 saturated carbocycles. The summed E-state index contributed by atoms with van der Waals surface area (Å²) in [4.78, 5) is 7.56. The molecule has 1 heterocycles. The molecule has 3 aromatic rings. The third kappa shape index (κ3) is 2.43. The van der Waals surface area contributed by atoms with E-state index in [-0.39, 0.29) is 0 Å². The summed E-state index contributed by atoms with van der Waals surface area (Å²) in [6.45, 7) is 7.99. The number of aromatic nitrogens is 3. The first-order valence-corrected chi connectivity index (χ1v) is 6.25. The zero-order chi connectivity index (χ0) is 13.8. The fraction of sp³-hybridized carbons (Fsp3) is 0.0625. The molecule has 0 fully saturated rings. The molecule has 1 aromatic heterocycles. The van der Waals surface area contributed by atoms with Crippen molar-refractivity contribution in [3.8, 4) is 11.1 Å². The van der Waals surface area contributed by atoms with Gasteiger partial charge in [-0.15, -0.1) is 0 Å². The van der Waals surface area contributed by atoms with Crippen LogP contribution < -0.4 is 0 Å². The number of benzene rings is 2. The lowest BCUT2D eigenvalue weighted by atomic mass is 10.0. The minimum atomic E-state index is 0.623.